The van der Waals surface area contributed by atoms with Gasteiger partial charge in [-0.3, -0.25) is 24.6 Å². The minimum atomic E-state index is -1.35. The number of nitrogens with zero attached hydrogens (tertiary/aromatic N) is 2. The average Bonchev–Trinajstić information content (AvgIpc) is 3.14. The minimum absolute atomic E-state index is 0.0201. The number of hydrogen-bond acceptors (Lipinski definition) is 7. The lowest BCUT2D eigenvalue weighted by atomic mass is 9.94. The molecule has 1 atom stereocenters. The molecule has 1 heterocycles. The van der Waals surface area contributed by atoms with Gasteiger partial charge in [-0.05, 0) is 48.9 Å². The highest BCUT2D eigenvalue weighted by atomic mass is 19.1. The molecule has 3 aromatic rings. The molecule has 1 aliphatic heterocycles. The number of aliphatic hydroxyl groups is 1. The van der Waals surface area contributed by atoms with E-state index in [1.807, 2.05) is 0 Å². The second kappa shape index (κ2) is 10.1. The highest BCUT2D eigenvalue weighted by molar-refractivity contribution is 6.51. The van der Waals surface area contributed by atoms with Crippen LogP contribution in [0, 0.1) is 21.7 Å². The van der Waals surface area contributed by atoms with Crippen LogP contribution in [0.1, 0.15) is 24.1 Å². The number of amides is 1. The fourth-order valence-corrected chi connectivity index (χ4v) is 4.10. The number of ether oxygens (including phenoxy) is 2. The number of rotatable bonds is 7. The quantitative estimate of drug-likeness (QED) is 0.158. The van der Waals surface area contributed by atoms with Gasteiger partial charge in [0.05, 0.1) is 35.9 Å². The van der Waals surface area contributed by atoms with E-state index in [1.165, 1.54) is 37.4 Å². The van der Waals surface area contributed by atoms with Gasteiger partial charge in [0.2, 0.25) is 0 Å². The first kappa shape index (κ1) is 25.3. The third-order valence-electron chi connectivity index (χ3n) is 5.77. The van der Waals surface area contributed by atoms with Gasteiger partial charge in [0.25, 0.3) is 17.4 Å². The predicted molar refractivity (Wildman–Crippen MR) is 128 cm³/mol. The van der Waals surface area contributed by atoms with Crippen LogP contribution < -0.4 is 14.4 Å². The molecule has 11 heteroatoms. The normalized spacial score (nSPS) is 16.6. The number of carbonyl (C=O) groups excluding carboxylic acids is 2. The van der Waals surface area contributed by atoms with Gasteiger partial charge in [-0.15, -0.1) is 0 Å². The van der Waals surface area contributed by atoms with Crippen molar-refractivity contribution in [3.8, 4) is 11.5 Å². The van der Waals surface area contributed by atoms with Gasteiger partial charge >= 0.3 is 0 Å². The Bertz CT molecular complexity index is 1440. The summed E-state index contributed by atoms with van der Waals surface area (Å²) in [6, 6.07) is 10.4. The van der Waals surface area contributed by atoms with E-state index in [0.717, 1.165) is 29.2 Å². The van der Waals surface area contributed by atoms with E-state index in [-0.39, 0.29) is 34.9 Å². The van der Waals surface area contributed by atoms with Crippen LogP contribution in [0.25, 0.3) is 5.76 Å². The molecule has 0 radical (unpaired) electrons. The van der Waals surface area contributed by atoms with E-state index < -0.39 is 45.6 Å². The molecule has 1 fully saturated rings. The standard InChI is InChI=1S/C26H20F2N2O7/c1-3-37-21-12-15(6-11-20(21)36-2)23-22(24(31)14-4-8-17(9-5-14)30(34)35)25(32)26(33)29(23)19-10-7-16(27)13-18(19)28/h4-13,23,31H,3H2,1-2H3/b24-22+. The van der Waals surface area contributed by atoms with E-state index in [4.69, 9.17) is 9.47 Å². The summed E-state index contributed by atoms with van der Waals surface area (Å²) in [6.45, 7) is 2.00. The Balaban J connectivity index is 1.96. The van der Waals surface area contributed by atoms with Crippen molar-refractivity contribution < 1.29 is 37.9 Å². The maximum Gasteiger partial charge on any atom is 0.300 e. The number of hydrogen-bond donors (Lipinski definition) is 1. The van der Waals surface area contributed by atoms with Crippen molar-refractivity contribution in [1.82, 2.24) is 0 Å². The Labute approximate surface area is 209 Å². The van der Waals surface area contributed by atoms with E-state index in [2.05, 4.69) is 0 Å². The molecule has 0 saturated carbocycles. The van der Waals surface area contributed by atoms with Gasteiger partial charge in [-0.1, -0.05) is 6.07 Å². The summed E-state index contributed by atoms with van der Waals surface area (Å²) in [7, 11) is 1.42. The predicted octanol–water partition coefficient (Wildman–Crippen LogP) is 4.91. The number of ketones is 1. The van der Waals surface area contributed by atoms with Crippen molar-refractivity contribution in [2.24, 2.45) is 0 Å². The molecular formula is C26H20F2N2O7. The van der Waals surface area contributed by atoms with Crippen molar-refractivity contribution in [3.05, 3.63) is 99.1 Å². The van der Waals surface area contributed by atoms with Gasteiger partial charge in [-0.25, -0.2) is 8.78 Å². The van der Waals surface area contributed by atoms with Crippen molar-refractivity contribution in [3.63, 3.8) is 0 Å². The number of nitro groups is 1. The van der Waals surface area contributed by atoms with Gasteiger partial charge in [0.15, 0.2) is 11.5 Å². The number of methoxy groups -OCH3 is 1. The number of anilines is 1. The highest BCUT2D eigenvalue weighted by Crippen LogP contribution is 2.45. The number of halogens is 2. The van der Waals surface area contributed by atoms with Crippen LogP contribution in [-0.4, -0.2) is 35.4 Å². The summed E-state index contributed by atoms with van der Waals surface area (Å²) in [6.07, 6.45) is 0. The molecule has 1 unspecified atom stereocenters. The lowest BCUT2D eigenvalue weighted by Gasteiger charge is -2.26. The molecule has 1 aliphatic rings. The Morgan fingerprint density at radius 2 is 1.76 bits per heavy atom. The van der Waals surface area contributed by atoms with E-state index in [1.54, 1.807) is 6.92 Å². The SMILES string of the molecule is CCOc1cc(C2/C(=C(\O)c3ccc([N+](=O)[O-])cc3)C(=O)C(=O)N2c2ccc(F)cc2F)ccc1OC. The van der Waals surface area contributed by atoms with Gasteiger partial charge in [0, 0.05) is 23.8 Å². The molecular weight excluding hydrogens is 490 g/mol. The van der Waals surface area contributed by atoms with Crippen LogP contribution in [-0.2, 0) is 9.59 Å². The molecule has 9 nitrogen and oxygen atoms in total. The van der Waals surface area contributed by atoms with Crippen LogP contribution in [0.3, 0.4) is 0 Å². The fraction of sp³-hybridized carbons (Fsp3) is 0.154. The number of nitro benzene ring substituents is 1. The van der Waals surface area contributed by atoms with Gasteiger partial charge in [0.1, 0.15) is 17.4 Å². The lowest BCUT2D eigenvalue weighted by Crippen LogP contribution is -2.30. The van der Waals surface area contributed by atoms with Crippen LogP contribution in [0.4, 0.5) is 20.2 Å². The second-order valence-electron chi connectivity index (χ2n) is 7.91. The van der Waals surface area contributed by atoms with Gasteiger partial charge < -0.3 is 14.6 Å². The Morgan fingerprint density at radius 1 is 1.05 bits per heavy atom. The Kier molecular flexibility index (Phi) is 6.87. The summed E-state index contributed by atoms with van der Waals surface area (Å²) in [5, 5.41) is 22.1. The van der Waals surface area contributed by atoms with Crippen LogP contribution in [0.5, 0.6) is 11.5 Å². The summed E-state index contributed by atoms with van der Waals surface area (Å²) < 4.78 is 39.4. The molecule has 0 aliphatic carbocycles. The highest BCUT2D eigenvalue weighted by Gasteiger charge is 2.48. The zero-order valence-electron chi connectivity index (χ0n) is 19.6. The van der Waals surface area contributed by atoms with Crippen LogP contribution in [0.2, 0.25) is 0 Å². The lowest BCUT2D eigenvalue weighted by molar-refractivity contribution is -0.384. The van der Waals surface area contributed by atoms with E-state index in [0.29, 0.717) is 11.8 Å². The Morgan fingerprint density at radius 3 is 2.35 bits per heavy atom. The first-order valence-corrected chi connectivity index (χ1v) is 11.0. The first-order valence-electron chi connectivity index (χ1n) is 11.0. The maximum absolute atomic E-state index is 14.8. The molecule has 1 saturated heterocycles. The zero-order chi connectivity index (χ0) is 26.9. The molecule has 1 N–H and O–H groups in total. The Hall–Kier alpha value is -4.80. The number of Topliss-reactive ketones (excluding diaryl/α,β-unsaturated/α-hetero) is 1. The first-order chi connectivity index (χ1) is 17.7. The number of carbonyl (C=O) groups is 2. The molecule has 37 heavy (non-hydrogen) atoms. The smallest absolute Gasteiger partial charge is 0.300 e. The maximum atomic E-state index is 14.8. The van der Waals surface area contributed by atoms with Crippen LogP contribution >= 0.6 is 0 Å². The van der Waals surface area contributed by atoms with Crippen molar-refractivity contribution in [1.29, 1.82) is 0 Å². The van der Waals surface area contributed by atoms with E-state index >= 15 is 0 Å². The average molecular weight is 510 g/mol. The largest absolute Gasteiger partial charge is 0.507 e. The number of benzene rings is 3. The molecule has 1 amide bonds. The third kappa shape index (κ3) is 4.58. The van der Waals surface area contributed by atoms with E-state index in [9.17, 15) is 33.6 Å². The summed E-state index contributed by atoms with van der Waals surface area (Å²) in [5.74, 6) is -4.28. The molecule has 0 bridgehead atoms. The van der Waals surface area contributed by atoms with Crippen molar-refractivity contribution in [2.45, 2.75) is 13.0 Å². The molecule has 0 spiro atoms. The topological polar surface area (TPSA) is 119 Å². The molecule has 4 rings (SSSR count). The monoisotopic (exact) mass is 510 g/mol. The molecule has 0 aromatic heterocycles. The van der Waals surface area contributed by atoms with Crippen molar-refractivity contribution in [2.75, 3.05) is 18.6 Å². The summed E-state index contributed by atoms with van der Waals surface area (Å²) >= 11 is 0. The zero-order valence-corrected chi connectivity index (χ0v) is 19.6. The van der Waals surface area contributed by atoms with Gasteiger partial charge in [-0.2, -0.15) is 0 Å². The fourth-order valence-electron chi connectivity index (χ4n) is 4.10. The molecule has 190 valence electrons. The van der Waals surface area contributed by atoms with Crippen molar-refractivity contribution >= 4 is 28.8 Å². The summed E-state index contributed by atoms with van der Waals surface area (Å²) in [5.41, 5.74) is -0.749. The van der Waals surface area contributed by atoms with Crippen LogP contribution in [0.15, 0.2) is 66.2 Å². The minimum Gasteiger partial charge on any atom is -0.507 e. The molecule has 3 aromatic carbocycles. The second-order valence-corrected chi connectivity index (χ2v) is 7.91. The third-order valence-corrected chi connectivity index (χ3v) is 5.77. The number of aliphatic hydroxyl groups excluding tert-OH is 1. The number of non-ortho nitro benzene ring substituents is 1. The summed E-state index contributed by atoms with van der Waals surface area (Å²) in [4.78, 5) is 37.6.